The highest BCUT2D eigenvalue weighted by Gasteiger charge is 2.28. The summed E-state index contributed by atoms with van der Waals surface area (Å²) in [5.74, 6) is 0. The van der Waals surface area contributed by atoms with Gasteiger partial charge in [0.05, 0.1) is 0 Å². The van der Waals surface area contributed by atoms with Gasteiger partial charge in [0.1, 0.15) is 0 Å². The second-order valence-electron chi connectivity index (χ2n) is 9.80. The Hall–Kier alpha value is -3.64. The molecular formula is C35H32. The maximum absolute atomic E-state index is 2.36. The number of benzene rings is 4. The molecule has 0 heteroatoms. The van der Waals surface area contributed by atoms with Gasteiger partial charge >= 0.3 is 0 Å². The van der Waals surface area contributed by atoms with Crippen LogP contribution in [0.4, 0.5) is 0 Å². The Morgan fingerprint density at radius 3 is 1.26 bits per heavy atom. The second-order valence-corrected chi connectivity index (χ2v) is 9.80. The van der Waals surface area contributed by atoms with E-state index >= 15 is 0 Å². The van der Waals surface area contributed by atoms with Crippen molar-refractivity contribution in [2.45, 2.75) is 46.0 Å². The van der Waals surface area contributed by atoms with Crippen molar-refractivity contribution in [1.29, 1.82) is 0 Å². The molecule has 0 fully saturated rings. The molecule has 0 bridgehead atoms. The minimum Gasteiger partial charge on any atom is -0.0622 e. The number of hydrogen-bond donors (Lipinski definition) is 0. The molecule has 0 N–H and O–H groups in total. The van der Waals surface area contributed by atoms with Crippen molar-refractivity contribution in [2.75, 3.05) is 0 Å². The summed E-state index contributed by atoms with van der Waals surface area (Å²) in [6.45, 7) is 4.66. The molecule has 35 heavy (non-hydrogen) atoms. The number of rotatable bonds is 6. The third kappa shape index (κ3) is 3.78. The van der Waals surface area contributed by atoms with Crippen molar-refractivity contribution in [3.8, 4) is 22.3 Å². The van der Waals surface area contributed by atoms with Crippen molar-refractivity contribution in [3.05, 3.63) is 130 Å². The van der Waals surface area contributed by atoms with E-state index in [0.29, 0.717) is 0 Å². The van der Waals surface area contributed by atoms with E-state index in [4.69, 9.17) is 0 Å². The maximum Gasteiger partial charge on any atom is -0.00143 e. The summed E-state index contributed by atoms with van der Waals surface area (Å²) < 4.78 is 0. The van der Waals surface area contributed by atoms with Gasteiger partial charge in [-0.2, -0.15) is 0 Å². The monoisotopic (exact) mass is 452 g/mol. The predicted octanol–water partition coefficient (Wildman–Crippen LogP) is 9.55. The molecule has 0 atom stereocenters. The van der Waals surface area contributed by atoms with Crippen LogP contribution in [0.1, 0.15) is 55.4 Å². The Morgan fingerprint density at radius 1 is 0.457 bits per heavy atom. The summed E-state index contributed by atoms with van der Waals surface area (Å²) in [5.41, 5.74) is 17.8. The second kappa shape index (κ2) is 9.19. The van der Waals surface area contributed by atoms with Crippen molar-refractivity contribution < 1.29 is 0 Å². The standard InChI is InChI=1S/C35H32/c1-3-24-21-34-28(26-13-7-5-8-14-26)17-11-19-30(34)32(24)23-33-25(4-2)22-35-29(18-12-20-31(33)35)27-15-9-6-10-16-27/h5-20H,3-4,21-23H2,1-2H3. The Morgan fingerprint density at radius 2 is 0.857 bits per heavy atom. The Balaban J connectivity index is 1.43. The zero-order valence-corrected chi connectivity index (χ0v) is 20.8. The molecule has 0 spiro atoms. The van der Waals surface area contributed by atoms with Gasteiger partial charge in [0.15, 0.2) is 0 Å². The first-order valence-electron chi connectivity index (χ1n) is 13.1. The van der Waals surface area contributed by atoms with Gasteiger partial charge in [0, 0.05) is 0 Å². The predicted molar refractivity (Wildman–Crippen MR) is 150 cm³/mol. The van der Waals surface area contributed by atoms with Crippen LogP contribution in [0.25, 0.3) is 33.4 Å². The van der Waals surface area contributed by atoms with Crippen LogP contribution in [0.3, 0.4) is 0 Å². The third-order valence-electron chi connectivity index (χ3n) is 8.01. The van der Waals surface area contributed by atoms with E-state index in [0.717, 1.165) is 32.1 Å². The fraction of sp³-hybridized carbons (Fsp3) is 0.200. The van der Waals surface area contributed by atoms with Crippen molar-refractivity contribution in [3.63, 3.8) is 0 Å². The van der Waals surface area contributed by atoms with E-state index in [9.17, 15) is 0 Å². The molecule has 2 aliphatic rings. The van der Waals surface area contributed by atoms with Gasteiger partial charge in [-0.3, -0.25) is 0 Å². The number of allylic oxidation sites excluding steroid dienone is 4. The lowest BCUT2D eigenvalue weighted by molar-refractivity contribution is 1.02. The summed E-state index contributed by atoms with van der Waals surface area (Å²) in [6.07, 6.45) is 5.44. The Kier molecular flexibility index (Phi) is 5.74. The molecule has 4 aromatic rings. The largest absolute Gasteiger partial charge is 0.0622 e. The Bertz CT molecular complexity index is 1340. The maximum atomic E-state index is 2.36. The van der Waals surface area contributed by atoms with Crippen molar-refractivity contribution in [2.24, 2.45) is 0 Å². The molecule has 0 saturated carbocycles. The summed E-state index contributed by atoms with van der Waals surface area (Å²) in [7, 11) is 0. The molecule has 0 aliphatic heterocycles. The van der Waals surface area contributed by atoms with E-state index in [-0.39, 0.29) is 0 Å². The number of hydrogen-bond acceptors (Lipinski definition) is 0. The van der Waals surface area contributed by atoms with Crippen LogP contribution in [0.5, 0.6) is 0 Å². The topological polar surface area (TPSA) is 0 Å². The zero-order chi connectivity index (χ0) is 23.8. The first-order valence-corrected chi connectivity index (χ1v) is 13.1. The van der Waals surface area contributed by atoms with Crippen LogP contribution in [0, 0.1) is 0 Å². The summed E-state index contributed by atoms with van der Waals surface area (Å²) >= 11 is 0. The fourth-order valence-electron chi connectivity index (χ4n) is 6.21. The Labute approximate surface area is 209 Å². The molecule has 0 aromatic heterocycles. The lowest BCUT2D eigenvalue weighted by atomic mass is 9.90. The van der Waals surface area contributed by atoms with E-state index in [1.165, 1.54) is 44.5 Å². The van der Waals surface area contributed by atoms with Crippen molar-refractivity contribution in [1.82, 2.24) is 0 Å². The van der Waals surface area contributed by atoms with Gasteiger partial charge in [-0.25, -0.2) is 0 Å². The van der Waals surface area contributed by atoms with E-state index < -0.39 is 0 Å². The molecule has 0 nitrogen and oxygen atoms in total. The minimum absolute atomic E-state index is 1.04. The van der Waals surface area contributed by atoms with Crippen LogP contribution >= 0.6 is 0 Å². The lowest BCUT2D eigenvalue weighted by Crippen LogP contribution is -1.93. The quantitative estimate of drug-likeness (QED) is 0.273. The average molecular weight is 453 g/mol. The molecule has 6 rings (SSSR count). The van der Waals surface area contributed by atoms with Gasteiger partial charge in [0.2, 0.25) is 0 Å². The first-order chi connectivity index (χ1) is 17.3. The summed E-state index contributed by atoms with van der Waals surface area (Å²) in [5, 5.41) is 0. The lowest BCUT2D eigenvalue weighted by Gasteiger charge is -2.14. The highest BCUT2D eigenvalue weighted by atomic mass is 14.3. The van der Waals surface area contributed by atoms with Crippen LogP contribution in [-0.4, -0.2) is 0 Å². The van der Waals surface area contributed by atoms with Crippen LogP contribution in [-0.2, 0) is 12.8 Å². The van der Waals surface area contributed by atoms with E-state index in [1.54, 1.807) is 22.3 Å². The fourth-order valence-corrected chi connectivity index (χ4v) is 6.21. The van der Waals surface area contributed by atoms with Crippen LogP contribution < -0.4 is 0 Å². The summed E-state index contributed by atoms with van der Waals surface area (Å²) in [4.78, 5) is 0. The SMILES string of the molecule is CCC1=C(CC2=C(CC)Cc3c2cccc3-c2ccccc2)c2cccc(-c3ccccc3)c2C1. The molecule has 0 amide bonds. The molecule has 0 saturated heterocycles. The van der Waals surface area contributed by atoms with Gasteiger partial charge < -0.3 is 0 Å². The smallest absolute Gasteiger partial charge is 0.00143 e. The van der Waals surface area contributed by atoms with Gasteiger partial charge in [0.25, 0.3) is 0 Å². The highest BCUT2D eigenvalue weighted by molar-refractivity contribution is 5.92. The molecule has 4 aromatic carbocycles. The van der Waals surface area contributed by atoms with E-state index in [2.05, 4.69) is 111 Å². The van der Waals surface area contributed by atoms with E-state index in [1.807, 2.05) is 0 Å². The third-order valence-corrected chi connectivity index (χ3v) is 8.01. The van der Waals surface area contributed by atoms with Crippen molar-refractivity contribution >= 4 is 11.1 Å². The van der Waals surface area contributed by atoms with Gasteiger partial charge in [-0.1, -0.05) is 122 Å². The molecule has 0 unspecified atom stereocenters. The number of fused-ring (bicyclic) bond motifs is 2. The first kappa shape index (κ1) is 21.9. The molecule has 2 aliphatic carbocycles. The van der Waals surface area contributed by atoms with Crippen LogP contribution in [0.15, 0.2) is 108 Å². The zero-order valence-electron chi connectivity index (χ0n) is 20.8. The van der Waals surface area contributed by atoms with Crippen LogP contribution in [0.2, 0.25) is 0 Å². The molecule has 0 radical (unpaired) electrons. The summed E-state index contributed by atoms with van der Waals surface area (Å²) in [6, 6.07) is 35.6. The van der Waals surface area contributed by atoms with Gasteiger partial charge in [-0.05, 0) is 87.8 Å². The molecular weight excluding hydrogens is 420 g/mol. The van der Waals surface area contributed by atoms with Gasteiger partial charge in [-0.15, -0.1) is 0 Å². The molecule has 172 valence electrons. The normalized spacial score (nSPS) is 14.5. The molecule has 0 heterocycles. The minimum atomic E-state index is 1.04. The highest BCUT2D eigenvalue weighted by Crippen LogP contribution is 2.48. The average Bonchev–Trinajstić information content (AvgIpc) is 3.47.